The molecule has 0 heterocycles. The number of rotatable bonds is 5. The van der Waals surface area contributed by atoms with Gasteiger partial charge in [-0.05, 0) is 44.1 Å². The van der Waals surface area contributed by atoms with Gasteiger partial charge in [0.15, 0.2) is 0 Å². The van der Waals surface area contributed by atoms with Crippen LogP contribution in [0.15, 0.2) is 0 Å². The molecular weight excluding hydrogens is 240 g/mol. The van der Waals surface area contributed by atoms with Crippen LogP contribution < -0.4 is 11.1 Å². The first kappa shape index (κ1) is 14.8. The number of methoxy groups -OCH3 is 1. The van der Waals surface area contributed by atoms with E-state index in [0.29, 0.717) is 13.0 Å². The van der Waals surface area contributed by atoms with E-state index in [1.807, 2.05) is 0 Å². The van der Waals surface area contributed by atoms with Crippen LogP contribution in [0, 0.1) is 5.41 Å². The minimum Gasteiger partial charge on any atom is -0.379 e. The summed E-state index contributed by atoms with van der Waals surface area (Å²) in [5.41, 5.74) is 6.00. The molecule has 0 aromatic heterocycles. The molecule has 2 aliphatic rings. The molecule has 2 unspecified atom stereocenters. The average molecular weight is 268 g/mol. The second-order valence-corrected chi connectivity index (χ2v) is 6.32. The summed E-state index contributed by atoms with van der Waals surface area (Å²) >= 11 is 0. The van der Waals surface area contributed by atoms with Crippen molar-refractivity contribution >= 4 is 5.91 Å². The summed E-state index contributed by atoms with van der Waals surface area (Å²) < 4.78 is 5.43. The molecule has 2 saturated carbocycles. The molecule has 2 aliphatic carbocycles. The molecule has 3 N–H and O–H groups in total. The summed E-state index contributed by atoms with van der Waals surface area (Å²) in [7, 11) is 1.73. The highest BCUT2D eigenvalue weighted by Gasteiger charge is 2.35. The van der Waals surface area contributed by atoms with Crippen molar-refractivity contribution < 1.29 is 9.53 Å². The van der Waals surface area contributed by atoms with Gasteiger partial charge in [0.2, 0.25) is 5.91 Å². The van der Waals surface area contributed by atoms with Gasteiger partial charge in [0.05, 0.1) is 12.1 Å². The smallest absolute Gasteiger partial charge is 0.220 e. The topological polar surface area (TPSA) is 64.3 Å². The summed E-state index contributed by atoms with van der Waals surface area (Å²) in [5.74, 6) is 0.168. The van der Waals surface area contributed by atoms with Gasteiger partial charge in [0, 0.05) is 13.5 Å². The monoisotopic (exact) mass is 268 g/mol. The first-order chi connectivity index (χ1) is 9.19. The van der Waals surface area contributed by atoms with Crippen LogP contribution in [0.2, 0.25) is 0 Å². The summed E-state index contributed by atoms with van der Waals surface area (Å²) in [6.45, 7) is 0.638. The van der Waals surface area contributed by atoms with Gasteiger partial charge in [-0.15, -0.1) is 0 Å². The van der Waals surface area contributed by atoms with Gasteiger partial charge in [0.1, 0.15) is 0 Å². The molecule has 2 atom stereocenters. The number of nitrogens with one attached hydrogen (secondary N) is 1. The first-order valence-corrected chi connectivity index (χ1v) is 7.71. The first-order valence-electron chi connectivity index (χ1n) is 7.71. The van der Waals surface area contributed by atoms with E-state index in [4.69, 9.17) is 10.5 Å². The van der Waals surface area contributed by atoms with E-state index >= 15 is 0 Å². The second-order valence-electron chi connectivity index (χ2n) is 6.32. The van der Waals surface area contributed by atoms with E-state index in [1.54, 1.807) is 7.11 Å². The van der Waals surface area contributed by atoms with E-state index in [1.165, 1.54) is 19.3 Å². The van der Waals surface area contributed by atoms with Gasteiger partial charge < -0.3 is 15.8 Å². The molecule has 0 aromatic carbocycles. The summed E-state index contributed by atoms with van der Waals surface area (Å²) in [6, 6.07) is 0.205. The number of nitrogens with two attached hydrogens (primary N) is 1. The lowest BCUT2D eigenvalue weighted by Crippen LogP contribution is -2.44. The quantitative estimate of drug-likeness (QED) is 0.801. The number of ether oxygens (including phenoxy) is 1. The van der Waals surface area contributed by atoms with Crippen LogP contribution in [-0.2, 0) is 9.53 Å². The molecule has 110 valence electrons. The molecule has 0 aliphatic heterocycles. The Kier molecular flexibility index (Phi) is 5.22. The van der Waals surface area contributed by atoms with E-state index in [2.05, 4.69) is 5.32 Å². The third-order valence-electron chi connectivity index (χ3n) is 4.98. The molecule has 0 saturated heterocycles. The zero-order chi connectivity index (χ0) is 13.7. The van der Waals surface area contributed by atoms with Crippen LogP contribution in [-0.4, -0.2) is 31.7 Å². The maximum atomic E-state index is 12.3. The highest BCUT2D eigenvalue weighted by molar-refractivity contribution is 5.77. The maximum Gasteiger partial charge on any atom is 0.220 e. The molecule has 0 aromatic rings. The van der Waals surface area contributed by atoms with Crippen molar-refractivity contribution in [1.82, 2.24) is 5.32 Å². The van der Waals surface area contributed by atoms with Crippen molar-refractivity contribution in [3.63, 3.8) is 0 Å². The fraction of sp³-hybridized carbons (Fsp3) is 0.933. The molecule has 0 spiro atoms. The van der Waals surface area contributed by atoms with Crippen molar-refractivity contribution in [3.05, 3.63) is 0 Å². The Labute approximate surface area is 116 Å². The normalized spacial score (nSPS) is 30.2. The van der Waals surface area contributed by atoms with Gasteiger partial charge in [0.25, 0.3) is 0 Å². The number of hydrogen-bond acceptors (Lipinski definition) is 3. The number of amides is 1. The predicted octanol–water partition coefficient (Wildman–Crippen LogP) is 1.97. The van der Waals surface area contributed by atoms with E-state index in [0.717, 1.165) is 32.1 Å². The van der Waals surface area contributed by atoms with Gasteiger partial charge in [-0.3, -0.25) is 4.79 Å². The van der Waals surface area contributed by atoms with Crippen LogP contribution >= 0.6 is 0 Å². The Hall–Kier alpha value is -0.610. The van der Waals surface area contributed by atoms with Crippen LogP contribution in [0.3, 0.4) is 0 Å². The minimum absolute atomic E-state index is 0.0590. The lowest BCUT2D eigenvalue weighted by atomic mass is 9.71. The Morgan fingerprint density at radius 3 is 2.63 bits per heavy atom. The lowest BCUT2D eigenvalue weighted by molar-refractivity contribution is -0.125. The molecule has 0 bridgehead atoms. The van der Waals surface area contributed by atoms with Crippen molar-refractivity contribution in [2.45, 2.75) is 69.9 Å². The predicted molar refractivity (Wildman–Crippen MR) is 75.8 cm³/mol. The van der Waals surface area contributed by atoms with Crippen LogP contribution in [0.5, 0.6) is 0 Å². The Balaban J connectivity index is 1.85. The van der Waals surface area contributed by atoms with Crippen LogP contribution in [0.4, 0.5) is 0 Å². The van der Waals surface area contributed by atoms with Gasteiger partial charge in [-0.25, -0.2) is 0 Å². The zero-order valence-corrected chi connectivity index (χ0v) is 12.1. The molecule has 2 rings (SSSR count). The number of carbonyl (C=O) groups is 1. The largest absolute Gasteiger partial charge is 0.379 e. The van der Waals surface area contributed by atoms with Gasteiger partial charge in [-0.2, -0.15) is 0 Å². The van der Waals surface area contributed by atoms with E-state index in [9.17, 15) is 4.79 Å². The number of carbonyl (C=O) groups excluding carboxylic acids is 1. The van der Waals surface area contributed by atoms with Crippen molar-refractivity contribution in [2.24, 2.45) is 11.1 Å². The minimum atomic E-state index is 0.0590. The van der Waals surface area contributed by atoms with Crippen LogP contribution in [0.1, 0.15) is 57.8 Å². The molecule has 2 fully saturated rings. The Bertz CT molecular complexity index is 301. The lowest BCUT2D eigenvalue weighted by Gasteiger charge is -2.36. The Morgan fingerprint density at radius 2 is 2.00 bits per heavy atom. The zero-order valence-electron chi connectivity index (χ0n) is 12.1. The summed E-state index contributed by atoms with van der Waals surface area (Å²) in [5, 5.41) is 3.17. The maximum absolute atomic E-state index is 12.3. The third kappa shape index (κ3) is 3.69. The summed E-state index contributed by atoms with van der Waals surface area (Å²) in [6.07, 6.45) is 9.97. The molecule has 19 heavy (non-hydrogen) atoms. The Morgan fingerprint density at radius 1 is 1.26 bits per heavy atom. The molecule has 4 heteroatoms. The highest BCUT2D eigenvalue weighted by Crippen LogP contribution is 2.38. The average Bonchev–Trinajstić information content (AvgIpc) is 2.86. The standard InChI is InChI=1S/C15H28N2O2/c1-19-13-7-5-6-12(13)17-14(18)10-15(11-16)8-3-2-4-9-15/h12-13H,2-11,16H2,1H3,(H,17,18). The van der Waals surface area contributed by atoms with E-state index < -0.39 is 0 Å². The van der Waals surface area contributed by atoms with E-state index in [-0.39, 0.29) is 23.5 Å². The molecular formula is C15H28N2O2. The molecule has 1 amide bonds. The SMILES string of the molecule is COC1CCCC1NC(=O)CC1(CN)CCCCC1. The van der Waals surface area contributed by atoms with Crippen LogP contribution in [0.25, 0.3) is 0 Å². The van der Waals surface area contributed by atoms with Crippen molar-refractivity contribution in [1.29, 1.82) is 0 Å². The van der Waals surface area contributed by atoms with Crippen molar-refractivity contribution in [2.75, 3.05) is 13.7 Å². The second kappa shape index (κ2) is 6.71. The third-order valence-corrected chi connectivity index (χ3v) is 4.98. The summed E-state index contributed by atoms with van der Waals surface area (Å²) in [4.78, 5) is 12.3. The van der Waals surface area contributed by atoms with Gasteiger partial charge in [-0.1, -0.05) is 19.3 Å². The molecule has 0 radical (unpaired) electrons. The van der Waals surface area contributed by atoms with Gasteiger partial charge >= 0.3 is 0 Å². The number of hydrogen-bond donors (Lipinski definition) is 2. The van der Waals surface area contributed by atoms with Crippen molar-refractivity contribution in [3.8, 4) is 0 Å². The fourth-order valence-corrected chi connectivity index (χ4v) is 3.73. The highest BCUT2D eigenvalue weighted by atomic mass is 16.5. The molecule has 4 nitrogen and oxygen atoms in total. The fourth-order valence-electron chi connectivity index (χ4n) is 3.73.